The summed E-state index contributed by atoms with van der Waals surface area (Å²) in [4.78, 5) is 14.5. The Bertz CT molecular complexity index is 704. The van der Waals surface area contributed by atoms with Crippen LogP contribution in [0.15, 0.2) is 29.2 Å². The summed E-state index contributed by atoms with van der Waals surface area (Å²) in [5, 5.41) is 3.34. The molecule has 0 spiro atoms. The Hall–Kier alpha value is -1.44. The van der Waals surface area contributed by atoms with Gasteiger partial charge in [0.25, 0.3) is 0 Å². The predicted octanol–water partition coefficient (Wildman–Crippen LogP) is 1.61. The van der Waals surface area contributed by atoms with E-state index < -0.39 is 10.0 Å². The van der Waals surface area contributed by atoms with Crippen molar-refractivity contribution in [3.63, 3.8) is 0 Å². The summed E-state index contributed by atoms with van der Waals surface area (Å²) in [5.74, 6) is 0.130. The van der Waals surface area contributed by atoms with Gasteiger partial charge in [0.05, 0.1) is 4.90 Å². The number of benzene rings is 1. The van der Waals surface area contributed by atoms with Crippen LogP contribution in [-0.4, -0.2) is 62.3 Å². The monoisotopic (exact) mass is 379 g/mol. The highest BCUT2D eigenvalue weighted by molar-refractivity contribution is 7.89. The van der Waals surface area contributed by atoms with Crippen molar-refractivity contribution >= 4 is 15.9 Å². The number of piperazine rings is 1. The second kappa shape index (κ2) is 8.50. The molecular weight excluding hydrogens is 350 g/mol. The summed E-state index contributed by atoms with van der Waals surface area (Å²) in [5.41, 5.74) is 1.15. The molecule has 2 aliphatic rings. The Morgan fingerprint density at radius 2 is 1.85 bits per heavy atom. The molecule has 26 heavy (non-hydrogen) atoms. The molecule has 1 aromatic rings. The molecule has 0 aromatic heterocycles. The number of aryl methyl sites for hydroxylation is 1. The third-order valence-corrected chi connectivity index (χ3v) is 7.19. The lowest BCUT2D eigenvalue weighted by Crippen LogP contribution is -2.51. The van der Waals surface area contributed by atoms with Crippen LogP contribution in [0.5, 0.6) is 0 Å². The minimum Gasteiger partial charge on any atom is -0.340 e. The first kappa shape index (κ1) is 19.3. The lowest BCUT2D eigenvalue weighted by atomic mass is 10.1. The van der Waals surface area contributed by atoms with E-state index in [1.165, 1.54) is 4.31 Å². The highest BCUT2D eigenvalue weighted by atomic mass is 32.2. The van der Waals surface area contributed by atoms with Gasteiger partial charge in [0, 0.05) is 38.6 Å². The molecule has 0 bridgehead atoms. The van der Waals surface area contributed by atoms with E-state index in [1.54, 1.807) is 17.0 Å². The summed E-state index contributed by atoms with van der Waals surface area (Å²) in [6.45, 7) is 4.76. The van der Waals surface area contributed by atoms with Gasteiger partial charge in [0.1, 0.15) is 0 Å². The molecule has 1 amide bonds. The Morgan fingerprint density at radius 3 is 2.42 bits per heavy atom. The van der Waals surface area contributed by atoms with Crippen molar-refractivity contribution in [2.45, 2.75) is 50.0 Å². The molecule has 6 nitrogen and oxygen atoms in total. The van der Waals surface area contributed by atoms with Gasteiger partial charge in [0.2, 0.25) is 15.9 Å². The Morgan fingerprint density at radius 1 is 1.15 bits per heavy atom. The smallest absolute Gasteiger partial charge is 0.243 e. The molecule has 2 heterocycles. The molecule has 2 aliphatic heterocycles. The Labute approximate surface area is 156 Å². The van der Waals surface area contributed by atoms with Gasteiger partial charge in [-0.05, 0) is 43.5 Å². The molecule has 1 aromatic carbocycles. The van der Waals surface area contributed by atoms with Gasteiger partial charge < -0.3 is 10.2 Å². The SMILES string of the molecule is CCCc1ccc(S(=O)(=O)N2CCN(C(=O)CC3CCCN3)CC2)cc1. The van der Waals surface area contributed by atoms with E-state index in [0.29, 0.717) is 37.5 Å². The summed E-state index contributed by atoms with van der Waals surface area (Å²) in [6.07, 6.45) is 4.69. The van der Waals surface area contributed by atoms with Crippen molar-refractivity contribution in [3.8, 4) is 0 Å². The average Bonchev–Trinajstić information content (AvgIpc) is 3.15. The Kier molecular flexibility index (Phi) is 6.32. The fourth-order valence-corrected chi connectivity index (χ4v) is 5.14. The van der Waals surface area contributed by atoms with Gasteiger partial charge in [-0.3, -0.25) is 4.79 Å². The maximum absolute atomic E-state index is 12.8. The number of rotatable bonds is 6. The maximum atomic E-state index is 12.8. The van der Waals surface area contributed by atoms with Crippen molar-refractivity contribution in [2.24, 2.45) is 0 Å². The highest BCUT2D eigenvalue weighted by Crippen LogP contribution is 2.19. The zero-order valence-corrected chi connectivity index (χ0v) is 16.3. The predicted molar refractivity (Wildman–Crippen MR) is 101 cm³/mol. The van der Waals surface area contributed by atoms with Crippen molar-refractivity contribution < 1.29 is 13.2 Å². The van der Waals surface area contributed by atoms with Crippen LogP contribution in [0.25, 0.3) is 0 Å². The zero-order valence-electron chi connectivity index (χ0n) is 15.5. The molecule has 1 unspecified atom stereocenters. The number of nitrogens with zero attached hydrogens (tertiary/aromatic N) is 2. The first-order chi connectivity index (χ1) is 12.5. The van der Waals surface area contributed by atoms with E-state index in [0.717, 1.165) is 37.8 Å². The van der Waals surface area contributed by atoms with Crippen LogP contribution in [0, 0.1) is 0 Å². The molecule has 0 radical (unpaired) electrons. The second-order valence-electron chi connectivity index (χ2n) is 7.18. The van der Waals surface area contributed by atoms with Crippen LogP contribution in [-0.2, 0) is 21.2 Å². The van der Waals surface area contributed by atoms with Crippen LogP contribution in [0.1, 0.15) is 38.2 Å². The minimum atomic E-state index is -3.48. The van der Waals surface area contributed by atoms with Gasteiger partial charge in [-0.2, -0.15) is 4.31 Å². The molecule has 2 saturated heterocycles. The molecule has 0 aliphatic carbocycles. The van der Waals surface area contributed by atoms with Crippen LogP contribution in [0.2, 0.25) is 0 Å². The molecular formula is C19H29N3O3S. The molecule has 0 saturated carbocycles. The first-order valence-corrected chi connectivity index (χ1v) is 11.0. The number of hydrogen-bond acceptors (Lipinski definition) is 4. The number of sulfonamides is 1. The summed E-state index contributed by atoms with van der Waals surface area (Å²) in [7, 11) is -3.48. The van der Waals surface area contributed by atoms with E-state index in [1.807, 2.05) is 12.1 Å². The van der Waals surface area contributed by atoms with E-state index in [-0.39, 0.29) is 11.9 Å². The number of hydrogen-bond donors (Lipinski definition) is 1. The highest BCUT2D eigenvalue weighted by Gasteiger charge is 2.31. The van der Waals surface area contributed by atoms with E-state index >= 15 is 0 Å². The molecule has 1 atom stereocenters. The van der Waals surface area contributed by atoms with E-state index in [9.17, 15) is 13.2 Å². The van der Waals surface area contributed by atoms with E-state index in [4.69, 9.17) is 0 Å². The van der Waals surface area contributed by atoms with Gasteiger partial charge in [-0.15, -0.1) is 0 Å². The number of carbonyl (C=O) groups is 1. The lowest BCUT2D eigenvalue weighted by molar-refractivity contribution is -0.132. The normalized spacial score (nSPS) is 21.9. The third kappa shape index (κ3) is 4.45. The summed E-state index contributed by atoms with van der Waals surface area (Å²) in [6, 6.07) is 7.47. The van der Waals surface area contributed by atoms with Gasteiger partial charge in [-0.25, -0.2) is 8.42 Å². The number of amides is 1. The second-order valence-corrected chi connectivity index (χ2v) is 9.11. The van der Waals surface area contributed by atoms with Crippen LogP contribution in [0.3, 0.4) is 0 Å². The van der Waals surface area contributed by atoms with Crippen LogP contribution >= 0.6 is 0 Å². The topological polar surface area (TPSA) is 69.7 Å². The maximum Gasteiger partial charge on any atom is 0.243 e. The first-order valence-electron chi connectivity index (χ1n) is 9.61. The van der Waals surface area contributed by atoms with Crippen molar-refractivity contribution in [1.29, 1.82) is 0 Å². The van der Waals surface area contributed by atoms with Gasteiger partial charge >= 0.3 is 0 Å². The molecule has 144 valence electrons. The minimum absolute atomic E-state index is 0.130. The average molecular weight is 380 g/mol. The number of nitrogens with one attached hydrogen (secondary N) is 1. The molecule has 7 heteroatoms. The number of carbonyl (C=O) groups excluding carboxylic acids is 1. The van der Waals surface area contributed by atoms with Crippen LogP contribution < -0.4 is 5.32 Å². The third-order valence-electron chi connectivity index (χ3n) is 5.27. The van der Waals surface area contributed by atoms with Crippen molar-refractivity contribution in [3.05, 3.63) is 29.8 Å². The molecule has 1 N–H and O–H groups in total. The fourth-order valence-electron chi connectivity index (χ4n) is 3.71. The van der Waals surface area contributed by atoms with Gasteiger partial charge in [-0.1, -0.05) is 25.5 Å². The molecule has 2 fully saturated rings. The standard InChI is InChI=1S/C19H29N3O3S/c1-2-4-16-6-8-18(9-7-16)26(24,25)22-13-11-21(12-14-22)19(23)15-17-5-3-10-20-17/h6-9,17,20H,2-5,10-15H2,1H3. The van der Waals surface area contributed by atoms with Crippen LogP contribution in [0.4, 0.5) is 0 Å². The van der Waals surface area contributed by atoms with Crippen molar-refractivity contribution in [2.75, 3.05) is 32.7 Å². The largest absolute Gasteiger partial charge is 0.340 e. The fraction of sp³-hybridized carbons (Fsp3) is 0.632. The zero-order chi connectivity index (χ0) is 18.6. The quantitative estimate of drug-likeness (QED) is 0.815. The molecule has 3 rings (SSSR count). The van der Waals surface area contributed by atoms with E-state index in [2.05, 4.69) is 12.2 Å². The van der Waals surface area contributed by atoms with Crippen molar-refractivity contribution in [1.82, 2.24) is 14.5 Å². The van der Waals surface area contributed by atoms with Gasteiger partial charge in [0.15, 0.2) is 0 Å². The summed E-state index contributed by atoms with van der Waals surface area (Å²) >= 11 is 0. The summed E-state index contributed by atoms with van der Waals surface area (Å²) < 4.78 is 27.1. The lowest BCUT2D eigenvalue weighted by Gasteiger charge is -2.34. The Balaban J connectivity index is 1.56.